The molecule has 2 aliphatic carbocycles. The van der Waals surface area contributed by atoms with Crippen molar-refractivity contribution in [1.29, 1.82) is 0 Å². The lowest BCUT2D eigenvalue weighted by Gasteiger charge is -2.35. The topological polar surface area (TPSA) is 33.7 Å². The lowest BCUT2D eigenvalue weighted by molar-refractivity contribution is 0.454. The first kappa shape index (κ1) is 68.9. The highest BCUT2D eigenvalue weighted by atomic mass is 35.5. The van der Waals surface area contributed by atoms with Crippen molar-refractivity contribution in [3.05, 3.63) is 474 Å². The number of hydrogen-bond acceptors (Lipinski definition) is 6. The van der Waals surface area contributed by atoms with E-state index in [0.717, 1.165) is 66.2 Å². The Bertz CT molecular complexity index is 6570. The maximum atomic E-state index is 6.56. The summed E-state index contributed by atoms with van der Waals surface area (Å²) in [7, 11) is 0. The second-order valence-corrected chi connectivity index (χ2v) is 31.2. The Kier molecular flexibility index (Phi) is 18.0. The van der Waals surface area contributed by atoms with Crippen molar-refractivity contribution in [2.75, 3.05) is 10.2 Å². The average Bonchev–Trinajstić information content (AvgIpc) is 1.54. The molecule has 0 amide bonds. The van der Waals surface area contributed by atoms with Crippen molar-refractivity contribution in [3.8, 4) is 67.5 Å². The molecule has 0 bridgehead atoms. The van der Waals surface area contributed by atoms with Gasteiger partial charge in [0.25, 0.3) is 0 Å². The van der Waals surface area contributed by atoms with E-state index >= 15 is 0 Å². The van der Waals surface area contributed by atoms with E-state index in [1.807, 2.05) is 48.2 Å². The minimum Gasteiger partial charge on any atom is -0.455 e. The van der Waals surface area contributed by atoms with E-state index in [1.165, 1.54) is 120 Å². The van der Waals surface area contributed by atoms with Crippen LogP contribution < -0.4 is 19.7 Å². The van der Waals surface area contributed by atoms with Gasteiger partial charge in [0.2, 0.25) is 0 Å². The van der Waals surface area contributed by atoms with Crippen LogP contribution in [0, 0.1) is 0 Å². The molecule has 2 heterocycles. The number of anilines is 5. The van der Waals surface area contributed by atoms with E-state index in [9.17, 15) is 0 Å². The van der Waals surface area contributed by atoms with E-state index in [0.29, 0.717) is 0 Å². The summed E-state index contributed by atoms with van der Waals surface area (Å²) >= 11 is 9.94. The van der Waals surface area contributed by atoms with E-state index < -0.39 is 10.8 Å². The molecule has 18 aromatic rings. The van der Waals surface area contributed by atoms with E-state index in [-0.39, 0.29) is 0 Å². The molecular formula is C106H71ClN2O2S2. The third-order valence-electron chi connectivity index (χ3n) is 22.4. The van der Waals surface area contributed by atoms with Crippen LogP contribution in [0.2, 0.25) is 5.02 Å². The Morgan fingerprint density at radius 1 is 0.274 bits per heavy atom. The Morgan fingerprint density at radius 3 is 1.18 bits per heavy atom. The smallest absolute Gasteiger partial charge is 0.142 e. The molecule has 1 N–H and O–H groups in total. The van der Waals surface area contributed by atoms with Gasteiger partial charge >= 0.3 is 0 Å². The number of fused-ring (bicyclic) bond motifs is 14. The highest BCUT2D eigenvalue weighted by molar-refractivity contribution is 8.00. The second-order valence-electron chi connectivity index (χ2n) is 28.7. The van der Waals surface area contributed by atoms with Gasteiger partial charge in [0.1, 0.15) is 23.0 Å². The van der Waals surface area contributed by atoms with Crippen molar-refractivity contribution < 1.29 is 9.47 Å². The van der Waals surface area contributed by atoms with Gasteiger partial charge in [-0.25, -0.2) is 0 Å². The third-order valence-corrected chi connectivity index (χ3v) is 24.9. The highest BCUT2D eigenvalue weighted by Gasteiger charge is 2.50. The molecular weight excluding hydrogens is 1430 g/mol. The first-order valence-electron chi connectivity index (χ1n) is 38.2. The molecule has 0 spiro atoms. The Balaban J connectivity index is 0.000000123. The van der Waals surface area contributed by atoms with Gasteiger partial charge in [-0.2, -0.15) is 0 Å². The van der Waals surface area contributed by atoms with Crippen molar-refractivity contribution in [2.45, 2.75) is 30.4 Å². The molecule has 22 rings (SSSR count). The fraction of sp³-hybridized carbons (Fsp3) is 0.0189. The lowest BCUT2D eigenvalue weighted by Crippen LogP contribution is -2.28. The number of nitrogens with zero attached hydrogens (tertiary/aromatic N) is 1. The molecule has 0 aromatic heterocycles. The van der Waals surface area contributed by atoms with Gasteiger partial charge in [-0.05, 0) is 186 Å². The maximum Gasteiger partial charge on any atom is 0.142 e. The number of benzene rings is 18. The molecule has 2 unspecified atom stereocenters. The number of rotatable bonds is 11. The summed E-state index contributed by atoms with van der Waals surface area (Å²) in [6, 6.07) is 151. The first-order valence-corrected chi connectivity index (χ1v) is 40.2. The average molecular weight is 1500 g/mol. The van der Waals surface area contributed by atoms with Crippen molar-refractivity contribution in [3.63, 3.8) is 0 Å². The Hall–Kier alpha value is -13.3. The van der Waals surface area contributed by atoms with Crippen LogP contribution in [-0.4, -0.2) is 0 Å². The van der Waals surface area contributed by atoms with E-state index in [2.05, 4.69) is 398 Å². The van der Waals surface area contributed by atoms with Crippen LogP contribution in [0.15, 0.2) is 444 Å². The predicted molar refractivity (Wildman–Crippen MR) is 471 cm³/mol. The first-order chi connectivity index (χ1) is 55.9. The van der Waals surface area contributed by atoms with E-state index in [4.69, 9.17) is 21.1 Å². The van der Waals surface area contributed by atoms with Crippen molar-refractivity contribution in [1.82, 2.24) is 0 Å². The number of halogens is 1. The van der Waals surface area contributed by atoms with Crippen molar-refractivity contribution in [2.24, 2.45) is 0 Å². The summed E-state index contributed by atoms with van der Waals surface area (Å²) < 4.78 is 12.9. The fourth-order valence-corrected chi connectivity index (χ4v) is 19.7. The molecule has 7 heteroatoms. The SMILES string of the molecule is Clc1ccc(C2(c3ccccc3)c3ccccc3-c3c2ccc2c3Sc3ccccc3O2)cc1.c1ccc(-c2ccc(N(c3ccc(C4(c5ccccc5)c5ccccc5-c5c4ccc4c5Sc5ccccc5O4)cc3)c3cccc4ccccc34)cc2)cc1.c1ccc(-c2ccc(Nc3cccc4ccccc34)cc2)cc1. The molecule has 2 aliphatic heterocycles. The van der Waals surface area contributed by atoms with Gasteiger partial charge in [0.15, 0.2) is 0 Å². The summed E-state index contributed by atoms with van der Waals surface area (Å²) in [5.41, 5.74) is 24.5. The number of hydrogen-bond donors (Lipinski definition) is 1. The molecule has 4 aliphatic rings. The zero-order chi connectivity index (χ0) is 75.2. The van der Waals surface area contributed by atoms with Gasteiger partial charge in [-0.15, -0.1) is 0 Å². The lowest BCUT2D eigenvalue weighted by atomic mass is 9.67. The normalized spacial score (nSPS) is 14.7. The second kappa shape index (κ2) is 29.5. The summed E-state index contributed by atoms with van der Waals surface area (Å²) in [5, 5.41) is 9.17. The van der Waals surface area contributed by atoms with Gasteiger partial charge in [0, 0.05) is 49.7 Å². The number of ether oxygens (including phenoxy) is 2. The Labute approximate surface area is 671 Å². The van der Waals surface area contributed by atoms with Crippen LogP contribution in [0.3, 0.4) is 0 Å². The summed E-state index contributed by atoms with van der Waals surface area (Å²) in [5.74, 6) is 3.65. The zero-order valence-corrected chi connectivity index (χ0v) is 63.8. The fourth-order valence-electron chi connectivity index (χ4n) is 17.3. The minimum atomic E-state index is -0.542. The van der Waals surface area contributed by atoms with Gasteiger partial charge in [-0.1, -0.05) is 363 Å². The molecule has 0 saturated carbocycles. The van der Waals surface area contributed by atoms with Crippen LogP contribution in [-0.2, 0) is 10.8 Å². The van der Waals surface area contributed by atoms with Gasteiger partial charge in [-0.3, -0.25) is 0 Å². The quantitative estimate of drug-likeness (QED) is 0.139. The van der Waals surface area contributed by atoms with Crippen LogP contribution in [0.5, 0.6) is 23.0 Å². The molecule has 2 atom stereocenters. The monoisotopic (exact) mass is 1500 g/mol. The molecule has 0 fully saturated rings. The number of para-hydroxylation sites is 2. The molecule has 0 radical (unpaired) electrons. The summed E-state index contributed by atoms with van der Waals surface area (Å²) in [6.45, 7) is 0. The molecule has 113 heavy (non-hydrogen) atoms. The summed E-state index contributed by atoms with van der Waals surface area (Å²) in [6.07, 6.45) is 0. The molecule has 536 valence electrons. The van der Waals surface area contributed by atoms with Gasteiger partial charge in [0.05, 0.1) is 36.1 Å². The standard InChI is InChI=1S/C53H35NOS.C31H19ClOS.C22H17N/c1-3-14-36(15-4-1)37-26-30-41(31-27-37)54(47-23-13-17-38-16-7-8-20-43(38)47)42-32-28-40(29-33-42)53(39-18-5-2-6-19-39)45-22-10-9-21-44(45)51-46(53)34-35-49-52(51)56-50-25-12-11-24-48(50)55-49;32-22-16-14-21(15-17-22)31(20-8-2-1-3-9-20)24-11-5-4-10-23(24)29-25(31)18-19-27-30(29)34-28-13-7-6-12-26(28)33-27;1-2-7-17(8-3-1)18-13-15-20(16-14-18)23-22-12-6-10-19-9-4-5-11-21(19)22/h1-35H;1-19H;1-16,23H. The molecule has 18 aromatic carbocycles. The summed E-state index contributed by atoms with van der Waals surface area (Å²) in [4.78, 5) is 7.02. The Morgan fingerprint density at radius 2 is 0.655 bits per heavy atom. The predicted octanol–water partition coefficient (Wildman–Crippen LogP) is 29.8. The third kappa shape index (κ3) is 12.2. The maximum absolute atomic E-state index is 6.56. The van der Waals surface area contributed by atoms with Gasteiger partial charge < -0.3 is 19.7 Å². The number of nitrogens with one attached hydrogen (secondary N) is 1. The van der Waals surface area contributed by atoms with Crippen LogP contribution in [0.25, 0.3) is 66.1 Å². The largest absolute Gasteiger partial charge is 0.455 e. The molecule has 4 nitrogen and oxygen atoms in total. The van der Waals surface area contributed by atoms with Crippen LogP contribution in [0.1, 0.15) is 44.5 Å². The van der Waals surface area contributed by atoms with Crippen LogP contribution in [0.4, 0.5) is 28.4 Å². The zero-order valence-electron chi connectivity index (χ0n) is 61.4. The van der Waals surface area contributed by atoms with Crippen LogP contribution >= 0.6 is 35.1 Å². The highest BCUT2D eigenvalue weighted by Crippen LogP contribution is 2.64. The van der Waals surface area contributed by atoms with E-state index in [1.54, 1.807) is 11.8 Å². The van der Waals surface area contributed by atoms with Crippen molar-refractivity contribution >= 4 is 85.1 Å². The molecule has 0 saturated heterocycles. The minimum absolute atomic E-state index is 0.440.